The molecule has 1 aliphatic rings. The van der Waals surface area contributed by atoms with Crippen LogP contribution in [0.15, 0.2) is 66.1 Å². The van der Waals surface area contributed by atoms with Gasteiger partial charge in [-0.25, -0.2) is 13.9 Å². The van der Waals surface area contributed by atoms with E-state index in [0.717, 1.165) is 17.7 Å². The molecule has 3 heterocycles. The van der Waals surface area contributed by atoms with Crippen LogP contribution >= 0.6 is 0 Å². The minimum atomic E-state index is -0.811. The van der Waals surface area contributed by atoms with Crippen LogP contribution in [0.25, 0.3) is 16.6 Å². The Bertz CT molecular complexity index is 1490. The third-order valence-electron chi connectivity index (χ3n) is 6.15. The van der Waals surface area contributed by atoms with E-state index in [-0.39, 0.29) is 29.0 Å². The van der Waals surface area contributed by atoms with Gasteiger partial charge in [0.05, 0.1) is 5.39 Å². The number of benzene rings is 2. The fourth-order valence-corrected chi connectivity index (χ4v) is 4.46. The van der Waals surface area contributed by atoms with Crippen LogP contribution in [-0.2, 0) is 4.79 Å². The van der Waals surface area contributed by atoms with Gasteiger partial charge in [0.25, 0.3) is 5.56 Å². The summed E-state index contributed by atoms with van der Waals surface area (Å²) in [6, 6.07) is 9.96. The maximum absolute atomic E-state index is 13.9. The third kappa shape index (κ3) is 3.92. The highest BCUT2D eigenvalue weighted by Gasteiger charge is 2.30. The topological polar surface area (TPSA) is 106 Å². The average molecular weight is 477 g/mol. The minimum Gasteiger partial charge on any atom is -0.451 e. The maximum atomic E-state index is 13.9. The number of aromatic nitrogens is 3. The van der Waals surface area contributed by atoms with E-state index in [9.17, 15) is 18.4 Å². The van der Waals surface area contributed by atoms with Crippen LogP contribution in [0.1, 0.15) is 17.9 Å². The Balaban J connectivity index is 1.54. The second-order valence-electron chi connectivity index (χ2n) is 8.24. The molecule has 1 aliphatic heterocycles. The lowest BCUT2D eigenvalue weighted by molar-refractivity contribution is -0.125. The number of anilines is 1. The summed E-state index contributed by atoms with van der Waals surface area (Å²) in [6.07, 6.45) is 3.77. The van der Waals surface area contributed by atoms with Crippen molar-refractivity contribution in [2.45, 2.75) is 12.3 Å². The zero-order valence-electron chi connectivity index (χ0n) is 18.5. The first kappa shape index (κ1) is 22.3. The molecule has 0 unspecified atom stereocenters. The minimum absolute atomic E-state index is 0.0720. The first-order chi connectivity index (χ1) is 16.9. The quantitative estimate of drug-likeness (QED) is 0.425. The predicted octanol–water partition coefficient (Wildman–Crippen LogP) is 3.87. The molecule has 4 aromatic rings. The Hall–Kier alpha value is -4.47. The van der Waals surface area contributed by atoms with Crippen LogP contribution in [0.3, 0.4) is 0 Å². The number of ether oxygens (including phenoxy) is 1. The molecule has 178 valence electrons. The predicted molar refractivity (Wildman–Crippen MR) is 127 cm³/mol. The van der Waals surface area contributed by atoms with Crippen molar-refractivity contribution in [2.75, 3.05) is 18.8 Å². The molecule has 1 atom stereocenters. The number of nitrogens with zero attached hydrogens (tertiary/aromatic N) is 3. The van der Waals surface area contributed by atoms with Gasteiger partial charge in [-0.3, -0.25) is 9.59 Å². The molecule has 0 saturated carbocycles. The largest absolute Gasteiger partial charge is 0.451 e. The van der Waals surface area contributed by atoms with Crippen molar-refractivity contribution >= 4 is 22.6 Å². The van der Waals surface area contributed by atoms with Crippen LogP contribution in [0.5, 0.6) is 11.5 Å². The number of halogens is 2. The molecule has 0 radical (unpaired) electrons. The highest BCUT2D eigenvalue weighted by Crippen LogP contribution is 2.36. The van der Waals surface area contributed by atoms with Crippen LogP contribution < -0.4 is 16.0 Å². The number of hydrogen-bond donors (Lipinski definition) is 2. The molecule has 0 spiro atoms. The summed E-state index contributed by atoms with van der Waals surface area (Å²) in [5.41, 5.74) is 7.59. The number of carbonyl (C=O) groups excluding carboxylic acids is 1. The smallest absolute Gasteiger partial charge is 0.274 e. The van der Waals surface area contributed by atoms with Crippen molar-refractivity contribution in [1.82, 2.24) is 19.7 Å². The maximum Gasteiger partial charge on any atom is 0.274 e. The van der Waals surface area contributed by atoms with Gasteiger partial charge in [0, 0.05) is 30.9 Å². The molecule has 2 aromatic heterocycles. The second-order valence-corrected chi connectivity index (χ2v) is 8.24. The summed E-state index contributed by atoms with van der Waals surface area (Å²) in [4.78, 5) is 26.5. The van der Waals surface area contributed by atoms with Crippen LogP contribution in [0.4, 0.5) is 14.6 Å². The lowest BCUT2D eigenvalue weighted by Gasteiger charge is -2.13. The SMILES string of the molecule is C=CC(=O)N1CC[C@@H](c2cn(-c3ccc(Oc4c(F)cccc4F)cc3)c3c(N)n[nH]c(=O)c23)C1. The summed E-state index contributed by atoms with van der Waals surface area (Å²) in [7, 11) is 0. The molecule has 1 saturated heterocycles. The van der Waals surface area contributed by atoms with E-state index in [1.807, 2.05) is 6.20 Å². The average Bonchev–Trinajstić information content (AvgIpc) is 3.50. The van der Waals surface area contributed by atoms with E-state index in [1.54, 1.807) is 33.7 Å². The summed E-state index contributed by atoms with van der Waals surface area (Å²) >= 11 is 0. The van der Waals surface area contributed by atoms with Gasteiger partial charge in [-0.2, -0.15) is 5.10 Å². The number of likely N-dealkylation sites (tertiary alicyclic amines) is 1. The van der Waals surface area contributed by atoms with Crippen LogP contribution in [-0.4, -0.2) is 38.7 Å². The number of carbonyl (C=O) groups is 1. The van der Waals surface area contributed by atoms with E-state index < -0.39 is 17.4 Å². The summed E-state index contributed by atoms with van der Waals surface area (Å²) < 4.78 is 35.0. The monoisotopic (exact) mass is 477 g/mol. The summed E-state index contributed by atoms with van der Waals surface area (Å²) in [5.74, 6) is -1.98. The molecule has 1 amide bonds. The number of amides is 1. The van der Waals surface area contributed by atoms with Gasteiger partial charge in [-0.05, 0) is 54.5 Å². The molecule has 10 heteroatoms. The fraction of sp³-hybridized carbons (Fsp3) is 0.160. The Kier molecular flexibility index (Phi) is 5.56. The van der Waals surface area contributed by atoms with Gasteiger partial charge in [-0.15, -0.1) is 0 Å². The van der Waals surface area contributed by atoms with Crippen molar-refractivity contribution in [3.8, 4) is 17.2 Å². The molecule has 2 aromatic carbocycles. The van der Waals surface area contributed by atoms with Gasteiger partial charge in [0.1, 0.15) is 11.3 Å². The summed E-state index contributed by atoms with van der Waals surface area (Å²) in [5, 5.41) is 6.75. The normalized spacial score (nSPS) is 15.5. The number of para-hydroxylation sites is 1. The highest BCUT2D eigenvalue weighted by molar-refractivity contribution is 5.92. The molecule has 0 aliphatic carbocycles. The van der Waals surface area contributed by atoms with Crippen LogP contribution in [0.2, 0.25) is 0 Å². The van der Waals surface area contributed by atoms with Gasteiger partial charge in [-0.1, -0.05) is 12.6 Å². The van der Waals surface area contributed by atoms with E-state index in [0.29, 0.717) is 36.1 Å². The van der Waals surface area contributed by atoms with E-state index >= 15 is 0 Å². The number of nitrogens with one attached hydrogen (secondary N) is 1. The molecule has 35 heavy (non-hydrogen) atoms. The Morgan fingerprint density at radius 3 is 2.60 bits per heavy atom. The van der Waals surface area contributed by atoms with Crippen molar-refractivity contribution < 1.29 is 18.3 Å². The molecule has 1 fully saturated rings. The Labute approximate surface area is 198 Å². The molecule has 0 bridgehead atoms. The number of aromatic amines is 1. The number of rotatable bonds is 5. The number of fused-ring (bicyclic) bond motifs is 1. The number of H-pyrrole nitrogens is 1. The lowest BCUT2D eigenvalue weighted by Crippen LogP contribution is -2.26. The first-order valence-electron chi connectivity index (χ1n) is 10.9. The third-order valence-corrected chi connectivity index (χ3v) is 6.15. The Morgan fingerprint density at radius 2 is 1.91 bits per heavy atom. The van der Waals surface area contributed by atoms with Crippen molar-refractivity contribution in [3.05, 3.63) is 88.9 Å². The zero-order chi connectivity index (χ0) is 24.7. The van der Waals surface area contributed by atoms with Gasteiger partial charge in [0.2, 0.25) is 5.91 Å². The zero-order valence-corrected chi connectivity index (χ0v) is 18.5. The van der Waals surface area contributed by atoms with Gasteiger partial charge < -0.3 is 19.9 Å². The number of nitrogens with two attached hydrogens (primary N) is 1. The summed E-state index contributed by atoms with van der Waals surface area (Å²) in [6.45, 7) is 4.54. The second kappa shape index (κ2) is 8.71. The molecule has 5 rings (SSSR count). The molecule has 8 nitrogen and oxygen atoms in total. The Morgan fingerprint density at radius 1 is 1.20 bits per heavy atom. The standard InChI is InChI=1S/C25H21F2N5O3/c1-2-20(33)31-11-10-14(12-31)17-13-32(22-21(17)25(34)30-29-24(22)28)15-6-8-16(9-7-15)35-23-18(26)4-3-5-19(23)27/h2-9,13-14H,1,10-12H2,(H2,28,29)(H,30,34)/t14-/m1/s1. The van der Waals surface area contributed by atoms with Crippen molar-refractivity contribution in [1.29, 1.82) is 0 Å². The molecular weight excluding hydrogens is 456 g/mol. The lowest BCUT2D eigenvalue weighted by atomic mass is 9.99. The van der Waals surface area contributed by atoms with Gasteiger partial charge in [0.15, 0.2) is 23.2 Å². The highest BCUT2D eigenvalue weighted by atomic mass is 19.1. The van der Waals surface area contributed by atoms with E-state index in [4.69, 9.17) is 10.5 Å². The van der Waals surface area contributed by atoms with Crippen LogP contribution in [0, 0.1) is 11.6 Å². The molecular formula is C25H21F2N5O3. The number of hydrogen-bond acceptors (Lipinski definition) is 5. The van der Waals surface area contributed by atoms with Crippen molar-refractivity contribution in [3.63, 3.8) is 0 Å². The van der Waals surface area contributed by atoms with E-state index in [2.05, 4.69) is 16.8 Å². The first-order valence-corrected chi connectivity index (χ1v) is 10.9. The van der Waals surface area contributed by atoms with E-state index in [1.165, 1.54) is 12.1 Å². The molecule has 3 N–H and O–H groups in total. The van der Waals surface area contributed by atoms with Gasteiger partial charge >= 0.3 is 0 Å². The fourth-order valence-electron chi connectivity index (χ4n) is 4.46. The van der Waals surface area contributed by atoms with Crippen molar-refractivity contribution in [2.24, 2.45) is 0 Å². The number of nitrogen functional groups attached to an aromatic ring is 1.